The molecule has 0 amide bonds. The second kappa shape index (κ2) is 4.03. The normalized spacial score (nSPS) is 11.5. The van der Waals surface area contributed by atoms with Crippen molar-refractivity contribution >= 4 is 11.0 Å². The Kier molecular flexibility index (Phi) is 2.73. The van der Waals surface area contributed by atoms with Crippen molar-refractivity contribution in [1.29, 1.82) is 0 Å². The van der Waals surface area contributed by atoms with E-state index in [4.69, 9.17) is 5.11 Å². The van der Waals surface area contributed by atoms with Crippen LogP contribution in [0.3, 0.4) is 0 Å². The van der Waals surface area contributed by atoms with Crippen molar-refractivity contribution in [3.8, 4) is 0 Å². The van der Waals surface area contributed by atoms with E-state index < -0.39 is 0 Å². The maximum absolute atomic E-state index is 9.06. The fraction of sp³-hybridized carbons (Fsp3) is 0.417. The molecule has 0 radical (unpaired) electrons. The highest BCUT2D eigenvalue weighted by molar-refractivity contribution is 5.76. The number of aliphatic hydroxyl groups is 1. The van der Waals surface area contributed by atoms with Gasteiger partial charge < -0.3 is 9.67 Å². The monoisotopic (exact) mass is 204 g/mol. The molecule has 1 aromatic carbocycles. The summed E-state index contributed by atoms with van der Waals surface area (Å²) in [4.78, 5) is 4.58. The Morgan fingerprint density at radius 3 is 2.73 bits per heavy atom. The maximum atomic E-state index is 9.06. The second-order valence-corrected chi connectivity index (χ2v) is 3.99. The number of aliphatic hydroxyl groups excluding tert-OH is 1. The first kappa shape index (κ1) is 10.2. The molecular formula is C12H16N2O. The fourth-order valence-electron chi connectivity index (χ4n) is 1.87. The molecule has 1 N–H and O–H groups in total. The summed E-state index contributed by atoms with van der Waals surface area (Å²) < 4.78 is 2.10. The summed E-state index contributed by atoms with van der Waals surface area (Å²) in [7, 11) is 0. The van der Waals surface area contributed by atoms with Gasteiger partial charge in [-0.3, -0.25) is 0 Å². The first-order valence-corrected chi connectivity index (χ1v) is 5.30. The average Bonchev–Trinajstić information content (AvgIpc) is 2.58. The first-order chi connectivity index (χ1) is 7.24. The molecule has 0 saturated heterocycles. The van der Waals surface area contributed by atoms with Crippen LogP contribution in [-0.4, -0.2) is 21.3 Å². The van der Waals surface area contributed by atoms with Gasteiger partial charge in [-0.05, 0) is 12.1 Å². The lowest BCUT2D eigenvalue weighted by atomic mass is 10.2. The van der Waals surface area contributed by atoms with Crippen molar-refractivity contribution in [2.45, 2.75) is 26.3 Å². The minimum atomic E-state index is 0.153. The molecule has 1 heterocycles. The average molecular weight is 204 g/mol. The summed E-state index contributed by atoms with van der Waals surface area (Å²) in [5.41, 5.74) is 2.12. The van der Waals surface area contributed by atoms with Crippen molar-refractivity contribution in [2.24, 2.45) is 0 Å². The van der Waals surface area contributed by atoms with Gasteiger partial charge >= 0.3 is 0 Å². The molecule has 15 heavy (non-hydrogen) atoms. The Morgan fingerprint density at radius 2 is 2.07 bits per heavy atom. The van der Waals surface area contributed by atoms with Gasteiger partial charge in [-0.15, -0.1) is 0 Å². The van der Waals surface area contributed by atoms with Crippen LogP contribution >= 0.6 is 0 Å². The molecule has 0 unspecified atom stereocenters. The van der Waals surface area contributed by atoms with Crippen LogP contribution in [0.4, 0.5) is 0 Å². The van der Waals surface area contributed by atoms with Crippen molar-refractivity contribution in [2.75, 3.05) is 6.61 Å². The molecule has 80 valence electrons. The Hall–Kier alpha value is -1.35. The molecule has 0 atom stereocenters. The summed E-state index contributed by atoms with van der Waals surface area (Å²) in [5, 5.41) is 9.06. The van der Waals surface area contributed by atoms with E-state index in [1.54, 1.807) is 0 Å². The Morgan fingerprint density at radius 1 is 1.33 bits per heavy atom. The van der Waals surface area contributed by atoms with Gasteiger partial charge in [0.15, 0.2) is 0 Å². The minimum absolute atomic E-state index is 0.153. The summed E-state index contributed by atoms with van der Waals surface area (Å²) >= 11 is 0. The van der Waals surface area contributed by atoms with Gasteiger partial charge in [0.2, 0.25) is 0 Å². The molecule has 0 saturated carbocycles. The number of nitrogens with zero attached hydrogens (tertiary/aromatic N) is 2. The zero-order chi connectivity index (χ0) is 10.8. The number of hydrogen-bond acceptors (Lipinski definition) is 2. The van der Waals surface area contributed by atoms with Gasteiger partial charge in [0, 0.05) is 12.5 Å². The van der Waals surface area contributed by atoms with E-state index in [-0.39, 0.29) is 6.61 Å². The lowest BCUT2D eigenvalue weighted by Gasteiger charge is -2.09. The topological polar surface area (TPSA) is 38.0 Å². The quantitative estimate of drug-likeness (QED) is 0.832. The van der Waals surface area contributed by atoms with Crippen LogP contribution in [0.2, 0.25) is 0 Å². The third kappa shape index (κ3) is 1.75. The molecule has 0 aliphatic carbocycles. The van der Waals surface area contributed by atoms with Crippen molar-refractivity contribution < 1.29 is 5.11 Å². The minimum Gasteiger partial charge on any atom is -0.395 e. The van der Waals surface area contributed by atoms with E-state index >= 15 is 0 Å². The molecule has 3 nitrogen and oxygen atoms in total. The van der Waals surface area contributed by atoms with Gasteiger partial charge in [0.25, 0.3) is 0 Å². The molecule has 0 spiro atoms. The number of rotatable bonds is 3. The van der Waals surface area contributed by atoms with Crippen LogP contribution in [-0.2, 0) is 6.54 Å². The largest absolute Gasteiger partial charge is 0.395 e. The van der Waals surface area contributed by atoms with E-state index in [9.17, 15) is 0 Å². The molecule has 0 bridgehead atoms. The van der Waals surface area contributed by atoms with Crippen LogP contribution in [0, 0.1) is 0 Å². The highest BCUT2D eigenvalue weighted by atomic mass is 16.3. The molecule has 1 aromatic heterocycles. The number of imidazole rings is 1. The van der Waals surface area contributed by atoms with Crippen molar-refractivity contribution in [1.82, 2.24) is 9.55 Å². The lowest BCUT2D eigenvalue weighted by Crippen LogP contribution is -2.08. The summed E-state index contributed by atoms with van der Waals surface area (Å²) in [6.45, 7) is 5.01. The van der Waals surface area contributed by atoms with Crippen LogP contribution in [0.5, 0.6) is 0 Å². The second-order valence-electron chi connectivity index (χ2n) is 3.99. The van der Waals surface area contributed by atoms with Crippen LogP contribution in [0.25, 0.3) is 11.0 Å². The number of benzene rings is 1. The molecule has 2 aromatic rings. The van der Waals surface area contributed by atoms with E-state index in [0.29, 0.717) is 12.5 Å². The number of hydrogen-bond donors (Lipinski definition) is 1. The molecule has 0 fully saturated rings. The zero-order valence-electron chi connectivity index (χ0n) is 9.14. The highest BCUT2D eigenvalue weighted by Crippen LogP contribution is 2.21. The number of aromatic nitrogens is 2. The van der Waals surface area contributed by atoms with Crippen molar-refractivity contribution in [3.63, 3.8) is 0 Å². The smallest absolute Gasteiger partial charge is 0.112 e. The van der Waals surface area contributed by atoms with Gasteiger partial charge in [0.05, 0.1) is 17.6 Å². The number of fused-ring (bicyclic) bond motifs is 1. The third-order valence-electron chi connectivity index (χ3n) is 2.52. The first-order valence-electron chi connectivity index (χ1n) is 5.30. The van der Waals surface area contributed by atoms with Crippen LogP contribution in [0.15, 0.2) is 24.3 Å². The molecule has 3 heteroatoms. The summed E-state index contributed by atoms with van der Waals surface area (Å²) in [6, 6.07) is 8.05. The van der Waals surface area contributed by atoms with Gasteiger partial charge in [0.1, 0.15) is 5.82 Å². The Balaban J connectivity index is 2.63. The third-order valence-corrected chi connectivity index (χ3v) is 2.52. The fourth-order valence-corrected chi connectivity index (χ4v) is 1.87. The SMILES string of the molecule is CC(C)c1nc2ccccc2n1CCO. The lowest BCUT2D eigenvalue weighted by molar-refractivity contribution is 0.275. The van der Waals surface area contributed by atoms with E-state index in [2.05, 4.69) is 23.4 Å². The van der Waals surface area contributed by atoms with E-state index in [0.717, 1.165) is 16.9 Å². The zero-order valence-corrected chi connectivity index (χ0v) is 9.14. The molecule has 0 aliphatic heterocycles. The number of para-hydroxylation sites is 2. The van der Waals surface area contributed by atoms with E-state index in [1.165, 1.54) is 0 Å². The van der Waals surface area contributed by atoms with Gasteiger partial charge in [-0.2, -0.15) is 0 Å². The summed E-state index contributed by atoms with van der Waals surface area (Å²) in [6.07, 6.45) is 0. The van der Waals surface area contributed by atoms with E-state index in [1.807, 2.05) is 24.3 Å². The predicted molar refractivity (Wildman–Crippen MR) is 60.9 cm³/mol. The predicted octanol–water partition coefficient (Wildman–Crippen LogP) is 2.15. The molecule has 2 rings (SSSR count). The highest BCUT2D eigenvalue weighted by Gasteiger charge is 2.12. The maximum Gasteiger partial charge on any atom is 0.112 e. The Bertz CT molecular complexity index is 460. The van der Waals surface area contributed by atoms with Crippen LogP contribution < -0.4 is 0 Å². The molecular weight excluding hydrogens is 188 g/mol. The Labute approximate surface area is 89.4 Å². The van der Waals surface area contributed by atoms with Gasteiger partial charge in [-0.1, -0.05) is 26.0 Å². The van der Waals surface area contributed by atoms with Crippen LogP contribution in [0.1, 0.15) is 25.6 Å². The molecule has 0 aliphatic rings. The van der Waals surface area contributed by atoms with Gasteiger partial charge in [-0.25, -0.2) is 4.98 Å². The van der Waals surface area contributed by atoms with Crippen molar-refractivity contribution in [3.05, 3.63) is 30.1 Å². The summed E-state index contributed by atoms with van der Waals surface area (Å²) in [5.74, 6) is 1.43. The standard InChI is InChI=1S/C12H16N2O/c1-9(2)12-13-10-5-3-4-6-11(10)14(12)7-8-15/h3-6,9,15H,7-8H2,1-2H3.